The first kappa shape index (κ1) is 13.3. The summed E-state index contributed by atoms with van der Waals surface area (Å²) in [5.74, 6) is 4.65. The minimum Gasteiger partial charge on any atom is -0.481 e. The molecule has 0 unspecified atom stereocenters. The number of halogens is 1. The molecule has 0 fully saturated rings. The van der Waals surface area contributed by atoms with E-state index < -0.39 is 5.97 Å². The van der Waals surface area contributed by atoms with Crippen LogP contribution in [0.2, 0.25) is 0 Å². The number of aliphatic carboxylic acids is 1. The van der Waals surface area contributed by atoms with Gasteiger partial charge in [0.2, 0.25) is 5.16 Å². The van der Waals surface area contributed by atoms with Crippen molar-refractivity contribution >= 4 is 17.7 Å². The van der Waals surface area contributed by atoms with E-state index in [1.807, 2.05) is 0 Å². The Labute approximate surface area is 112 Å². The van der Waals surface area contributed by atoms with Gasteiger partial charge in [-0.2, -0.15) is 0 Å². The quantitative estimate of drug-likeness (QED) is 0.625. The molecular formula is C11H11FN4O2S. The summed E-state index contributed by atoms with van der Waals surface area (Å²) in [4.78, 5) is 10.5. The Morgan fingerprint density at radius 1 is 1.42 bits per heavy atom. The molecule has 100 valence electrons. The highest BCUT2D eigenvalue weighted by molar-refractivity contribution is 7.99. The van der Waals surface area contributed by atoms with Gasteiger partial charge in [-0.3, -0.25) is 4.79 Å². The molecule has 0 spiro atoms. The van der Waals surface area contributed by atoms with E-state index in [0.717, 1.165) is 11.8 Å². The Bertz CT molecular complexity index is 602. The molecule has 0 aliphatic rings. The van der Waals surface area contributed by atoms with Crippen molar-refractivity contribution in [1.82, 2.24) is 14.9 Å². The summed E-state index contributed by atoms with van der Waals surface area (Å²) >= 11 is 0.962. The van der Waals surface area contributed by atoms with Crippen molar-refractivity contribution in [2.75, 3.05) is 11.6 Å². The molecule has 0 radical (unpaired) electrons. The molecule has 1 heterocycles. The topological polar surface area (TPSA) is 94.0 Å². The first-order chi connectivity index (χ1) is 9.08. The third kappa shape index (κ3) is 3.22. The number of rotatable bonds is 5. The maximum Gasteiger partial charge on any atom is 0.313 e. The second-order valence-corrected chi connectivity index (χ2v) is 4.66. The SMILES string of the molecule is Nn1c(Cc2ccccc2F)nnc1SCC(=O)O. The van der Waals surface area contributed by atoms with Crippen molar-refractivity contribution in [3.8, 4) is 0 Å². The largest absolute Gasteiger partial charge is 0.481 e. The molecule has 0 amide bonds. The minimum atomic E-state index is -0.969. The highest BCUT2D eigenvalue weighted by atomic mass is 32.2. The summed E-state index contributed by atoms with van der Waals surface area (Å²) in [6, 6.07) is 6.30. The monoisotopic (exact) mass is 282 g/mol. The van der Waals surface area contributed by atoms with E-state index in [9.17, 15) is 9.18 Å². The third-order valence-corrected chi connectivity index (χ3v) is 3.29. The zero-order valence-corrected chi connectivity index (χ0v) is 10.6. The van der Waals surface area contributed by atoms with Crippen molar-refractivity contribution in [2.45, 2.75) is 11.6 Å². The van der Waals surface area contributed by atoms with Crippen LogP contribution in [0.4, 0.5) is 4.39 Å². The van der Waals surface area contributed by atoms with E-state index in [1.165, 1.54) is 10.7 Å². The number of aromatic nitrogens is 3. The highest BCUT2D eigenvalue weighted by Crippen LogP contribution is 2.17. The Morgan fingerprint density at radius 3 is 2.84 bits per heavy atom. The zero-order chi connectivity index (χ0) is 13.8. The predicted molar refractivity (Wildman–Crippen MR) is 67.7 cm³/mol. The molecule has 0 bridgehead atoms. The van der Waals surface area contributed by atoms with Crippen LogP contribution in [0.3, 0.4) is 0 Å². The fourth-order valence-corrected chi connectivity index (χ4v) is 2.06. The van der Waals surface area contributed by atoms with Gasteiger partial charge in [-0.15, -0.1) is 10.2 Å². The van der Waals surface area contributed by atoms with Crippen LogP contribution < -0.4 is 5.84 Å². The second-order valence-electron chi connectivity index (χ2n) is 3.72. The number of hydrogen-bond donors (Lipinski definition) is 2. The molecule has 8 heteroatoms. The smallest absolute Gasteiger partial charge is 0.313 e. The lowest BCUT2D eigenvalue weighted by molar-refractivity contribution is -0.133. The van der Waals surface area contributed by atoms with E-state index in [-0.39, 0.29) is 23.1 Å². The van der Waals surface area contributed by atoms with Gasteiger partial charge in [-0.1, -0.05) is 30.0 Å². The lowest BCUT2D eigenvalue weighted by Crippen LogP contribution is -2.15. The number of benzene rings is 1. The Kier molecular flexibility index (Phi) is 4.00. The maximum absolute atomic E-state index is 13.5. The molecule has 2 rings (SSSR count). The number of thioether (sulfide) groups is 1. The third-order valence-electron chi connectivity index (χ3n) is 2.37. The van der Waals surface area contributed by atoms with Crippen LogP contribution in [0.5, 0.6) is 0 Å². The minimum absolute atomic E-state index is 0.158. The Hall–Kier alpha value is -2.09. The lowest BCUT2D eigenvalue weighted by Gasteiger charge is -2.03. The van der Waals surface area contributed by atoms with E-state index in [0.29, 0.717) is 11.4 Å². The average Bonchev–Trinajstić information content (AvgIpc) is 2.71. The van der Waals surface area contributed by atoms with E-state index in [1.54, 1.807) is 18.2 Å². The van der Waals surface area contributed by atoms with Gasteiger partial charge in [0.1, 0.15) is 5.82 Å². The standard InChI is InChI=1S/C11H11FN4O2S/c12-8-4-2-1-3-7(8)5-9-14-15-11(16(9)13)19-6-10(17)18/h1-4H,5-6,13H2,(H,17,18). The number of carboxylic acids is 1. The van der Waals surface area contributed by atoms with Crippen molar-refractivity contribution in [2.24, 2.45) is 0 Å². The highest BCUT2D eigenvalue weighted by Gasteiger charge is 2.13. The van der Waals surface area contributed by atoms with Crippen molar-refractivity contribution in [3.05, 3.63) is 41.5 Å². The summed E-state index contributed by atoms with van der Waals surface area (Å²) in [6.45, 7) is 0. The normalized spacial score (nSPS) is 10.6. The van der Waals surface area contributed by atoms with Crippen molar-refractivity contribution < 1.29 is 14.3 Å². The Balaban J connectivity index is 2.14. The van der Waals surface area contributed by atoms with Crippen LogP contribution in [0.25, 0.3) is 0 Å². The first-order valence-electron chi connectivity index (χ1n) is 5.35. The van der Waals surface area contributed by atoms with Crippen LogP contribution in [0.1, 0.15) is 11.4 Å². The van der Waals surface area contributed by atoms with Crippen LogP contribution in [-0.2, 0) is 11.2 Å². The number of nitrogens with two attached hydrogens (primary N) is 1. The number of carboxylic acid groups (broad SMARTS) is 1. The molecule has 19 heavy (non-hydrogen) atoms. The van der Waals surface area contributed by atoms with E-state index in [2.05, 4.69) is 10.2 Å². The van der Waals surface area contributed by atoms with Gasteiger partial charge in [0, 0.05) is 6.42 Å². The molecule has 0 atom stereocenters. The van der Waals surface area contributed by atoms with Gasteiger partial charge in [-0.25, -0.2) is 9.07 Å². The summed E-state index contributed by atoms with van der Waals surface area (Å²) in [5.41, 5.74) is 0.455. The lowest BCUT2D eigenvalue weighted by atomic mass is 10.1. The van der Waals surface area contributed by atoms with Gasteiger partial charge in [0.15, 0.2) is 5.82 Å². The van der Waals surface area contributed by atoms with Crippen LogP contribution in [-0.4, -0.2) is 31.7 Å². The second kappa shape index (κ2) is 5.70. The van der Waals surface area contributed by atoms with Gasteiger partial charge < -0.3 is 10.9 Å². The molecule has 0 saturated carbocycles. The van der Waals surface area contributed by atoms with Gasteiger partial charge >= 0.3 is 5.97 Å². The Morgan fingerprint density at radius 2 is 2.16 bits per heavy atom. The molecule has 3 N–H and O–H groups in total. The van der Waals surface area contributed by atoms with Crippen LogP contribution in [0.15, 0.2) is 29.4 Å². The van der Waals surface area contributed by atoms with Crippen LogP contribution >= 0.6 is 11.8 Å². The van der Waals surface area contributed by atoms with Gasteiger partial charge in [0.05, 0.1) is 5.75 Å². The number of hydrogen-bond acceptors (Lipinski definition) is 5. The molecule has 2 aromatic rings. The summed E-state index contributed by atoms with van der Waals surface area (Å²) < 4.78 is 14.7. The number of nitrogen functional groups attached to an aromatic ring is 1. The average molecular weight is 282 g/mol. The zero-order valence-electron chi connectivity index (χ0n) is 9.78. The molecule has 1 aromatic heterocycles. The fraction of sp³-hybridized carbons (Fsp3) is 0.182. The fourth-order valence-electron chi connectivity index (χ4n) is 1.46. The van der Waals surface area contributed by atoms with Crippen molar-refractivity contribution in [1.29, 1.82) is 0 Å². The molecular weight excluding hydrogens is 271 g/mol. The molecule has 0 saturated heterocycles. The van der Waals surface area contributed by atoms with E-state index >= 15 is 0 Å². The van der Waals surface area contributed by atoms with Crippen LogP contribution in [0, 0.1) is 5.82 Å². The van der Waals surface area contributed by atoms with Gasteiger partial charge in [-0.05, 0) is 11.6 Å². The maximum atomic E-state index is 13.5. The molecule has 6 nitrogen and oxygen atoms in total. The predicted octanol–water partition coefficient (Wildman–Crippen LogP) is 0.899. The number of nitrogens with zero attached hydrogens (tertiary/aromatic N) is 3. The summed E-state index contributed by atoms with van der Waals surface area (Å²) in [7, 11) is 0. The summed E-state index contributed by atoms with van der Waals surface area (Å²) in [6.07, 6.45) is 0.198. The number of carbonyl (C=O) groups is 1. The molecule has 0 aliphatic heterocycles. The first-order valence-corrected chi connectivity index (χ1v) is 6.34. The molecule has 0 aliphatic carbocycles. The van der Waals surface area contributed by atoms with Crippen molar-refractivity contribution in [3.63, 3.8) is 0 Å². The van der Waals surface area contributed by atoms with Gasteiger partial charge in [0.25, 0.3) is 0 Å². The van der Waals surface area contributed by atoms with E-state index in [4.69, 9.17) is 10.9 Å². The molecule has 1 aromatic carbocycles. The summed E-state index contributed by atoms with van der Waals surface area (Å²) in [5, 5.41) is 16.5.